The molecule has 9 heteroatoms. The molecular weight excluding hydrogens is 465 g/mol. The number of carbonyl (C=O) groups is 1. The Hall–Kier alpha value is -4.45. The van der Waals surface area contributed by atoms with Crippen molar-refractivity contribution in [3.63, 3.8) is 0 Å². The molecule has 1 saturated carbocycles. The zero-order valence-corrected chi connectivity index (χ0v) is 20.5. The van der Waals surface area contributed by atoms with Crippen molar-refractivity contribution in [2.45, 2.75) is 44.7 Å². The highest BCUT2D eigenvalue weighted by Gasteiger charge is 2.27. The molecule has 0 bridgehead atoms. The van der Waals surface area contributed by atoms with Crippen LogP contribution in [-0.2, 0) is 4.79 Å². The van der Waals surface area contributed by atoms with Crippen molar-refractivity contribution in [2.75, 3.05) is 5.73 Å². The van der Waals surface area contributed by atoms with Crippen LogP contribution in [0.15, 0.2) is 59.5 Å². The second-order valence-electron chi connectivity index (χ2n) is 9.13. The molecule has 8 nitrogen and oxygen atoms in total. The van der Waals surface area contributed by atoms with Crippen molar-refractivity contribution in [1.29, 1.82) is 0 Å². The van der Waals surface area contributed by atoms with Crippen LogP contribution >= 0.6 is 0 Å². The number of anilines is 1. The number of ether oxygens (including phenoxy) is 1. The van der Waals surface area contributed by atoms with E-state index in [0.29, 0.717) is 27.9 Å². The number of nitrogens with one attached hydrogen (secondary N) is 2. The number of carbonyl (C=O) groups excluding carboxylic acids is 1. The van der Waals surface area contributed by atoms with E-state index in [1.165, 1.54) is 0 Å². The average Bonchev–Trinajstić information content (AvgIpc) is 3.31. The number of aromatic amines is 1. The molecule has 4 aromatic rings. The molecule has 0 aliphatic heterocycles. The second-order valence-corrected chi connectivity index (χ2v) is 9.13. The Morgan fingerprint density at radius 3 is 2.59 bits per heavy atom. The highest BCUT2D eigenvalue weighted by Crippen LogP contribution is 2.38. The Bertz CT molecular complexity index is 1570. The quantitative estimate of drug-likeness (QED) is 0.293. The average molecular weight is 491 g/mol. The molecule has 1 aliphatic rings. The standard InChI is InChI=1S/C28H26BN5O3/c1-2-5-24(35)31-18-10-12-19(13-11-18)34-16-21(25-26(34)28(36)33-32-27(25)30)17-8-14-20(15-9-17)37-23-7-4-3-6-22(23)29/h3-4,6-9,14-16,18-19H,10-13H2,1H3,(H2,30,32)(H,31,35)(H,33,36). The molecule has 0 unspecified atom stereocenters. The van der Waals surface area contributed by atoms with Crippen LogP contribution in [0, 0.1) is 11.8 Å². The van der Waals surface area contributed by atoms with Gasteiger partial charge in [0.2, 0.25) is 0 Å². The molecule has 0 saturated heterocycles. The van der Waals surface area contributed by atoms with Crippen LogP contribution in [0.1, 0.15) is 38.6 Å². The Kier molecular flexibility index (Phi) is 6.73. The molecule has 2 aromatic heterocycles. The molecular formula is C28H26BN5O3. The lowest BCUT2D eigenvalue weighted by molar-refractivity contribution is -0.116. The summed E-state index contributed by atoms with van der Waals surface area (Å²) in [6, 6.07) is 15.0. The molecule has 2 radical (unpaired) electrons. The number of amides is 1. The minimum Gasteiger partial charge on any atom is -0.458 e. The molecule has 0 spiro atoms. The van der Waals surface area contributed by atoms with Gasteiger partial charge in [0.15, 0.2) is 5.82 Å². The lowest BCUT2D eigenvalue weighted by atomic mass is 9.91. The van der Waals surface area contributed by atoms with Gasteiger partial charge < -0.3 is 20.4 Å². The summed E-state index contributed by atoms with van der Waals surface area (Å²) in [5.41, 5.74) is 8.75. The van der Waals surface area contributed by atoms with E-state index < -0.39 is 0 Å². The van der Waals surface area contributed by atoms with Crippen LogP contribution in [0.25, 0.3) is 22.0 Å². The van der Waals surface area contributed by atoms with Crippen LogP contribution < -0.4 is 26.8 Å². The highest BCUT2D eigenvalue weighted by molar-refractivity contribution is 6.34. The van der Waals surface area contributed by atoms with E-state index in [1.807, 2.05) is 53.2 Å². The fraction of sp³-hybridized carbons (Fsp3) is 0.250. The zero-order chi connectivity index (χ0) is 25.9. The summed E-state index contributed by atoms with van der Waals surface area (Å²) in [4.78, 5) is 24.8. The van der Waals surface area contributed by atoms with E-state index in [9.17, 15) is 9.59 Å². The molecule has 4 N–H and O–H groups in total. The third-order valence-corrected chi connectivity index (χ3v) is 6.76. The lowest BCUT2D eigenvalue weighted by Crippen LogP contribution is -2.37. The molecule has 5 rings (SSSR count). The topological polar surface area (TPSA) is 115 Å². The SMILES string of the molecule is [B]c1ccccc1Oc1ccc(-c2cn(C3CCC(NC(=O)C#CC)CC3)c3c(=O)[nH]nc(N)c23)cc1. The van der Waals surface area contributed by atoms with Gasteiger partial charge in [-0.2, -0.15) is 5.10 Å². The van der Waals surface area contributed by atoms with Gasteiger partial charge in [-0.05, 0) is 62.3 Å². The van der Waals surface area contributed by atoms with Crippen molar-refractivity contribution in [1.82, 2.24) is 20.1 Å². The number of fused-ring (bicyclic) bond motifs is 1. The van der Waals surface area contributed by atoms with Gasteiger partial charge in [0, 0.05) is 23.8 Å². The number of nitrogens with zero attached hydrogens (tertiary/aromatic N) is 2. The second kappa shape index (κ2) is 10.3. The van der Waals surface area contributed by atoms with Crippen LogP contribution in [-0.4, -0.2) is 34.6 Å². The Labute approximate surface area is 215 Å². The first kappa shape index (κ1) is 24.3. The Morgan fingerprint density at radius 2 is 1.89 bits per heavy atom. The first-order valence-electron chi connectivity index (χ1n) is 12.2. The van der Waals surface area contributed by atoms with Crippen LogP contribution in [0.5, 0.6) is 11.5 Å². The summed E-state index contributed by atoms with van der Waals surface area (Å²) in [6.07, 6.45) is 5.18. The minimum atomic E-state index is -0.288. The lowest BCUT2D eigenvalue weighted by Gasteiger charge is -2.30. The fourth-order valence-electron chi connectivity index (χ4n) is 4.98. The maximum Gasteiger partial charge on any atom is 0.296 e. The molecule has 2 aromatic carbocycles. The van der Waals surface area contributed by atoms with Crippen LogP contribution in [0.4, 0.5) is 5.82 Å². The van der Waals surface area contributed by atoms with Crippen molar-refractivity contribution in [3.8, 4) is 34.5 Å². The largest absolute Gasteiger partial charge is 0.458 e. The summed E-state index contributed by atoms with van der Waals surface area (Å²) < 4.78 is 7.94. The fourth-order valence-corrected chi connectivity index (χ4v) is 4.98. The maximum absolute atomic E-state index is 12.9. The molecule has 1 amide bonds. The number of para-hydroxylation sites is 1. The van der Waals surface area contributed by atoms with Gasteiger partial charge in [0.05, 0.1) is 5.39 Å². The van der Waals surface area contributed by atoms with Gasteiger partial charge in [-0.15, -0.1) is 0 Å². The minimum absolute atomic E-state index is 0.0714. The van der Waals surface area contributed by atoms with Gasteiger partial charge in [0.1, 0.15) is 24.9 Å². The Balaban J connectivity index is 1.44. The van der Waals surface area contributed by atoms with Crippen LogP contribution in [0.2, 0.25) is 0 Å². The number of aromatic nitrogens is 3. The van der Waals surface area contributed by atoms with Crippen LogP contribution in [0.3, 0.4) is 0 Å². The summed E-state index contributed by atoms with van der Waals surface area (Å²) in [7, 11) is 5.99. The zero-order valence-electron chi connectivity index (χ0n) is 20.5. The number of nitrogen functional groups attached to an aromatic ring is 1. The summed E-state index contributed by atoms with van der Waals surface area (Å²) in [5.74, 6) is 6.39. The third kappa shape index (κ3) is 4.96. The third-order valence-electron chi connectivity index (χ3n) is 6.76. The first-order valence-corrected chi connectivity index (χ1v) is 12.2. The van der Waals surface area contributed by atoms with Gasteiger partial charge in [0.25, 0.3) is 11.5 Å². The van der Waals surface area contributed by atoms with Crippen molar-refractivity contribution < 1.29 is 9.53 Å². The van der Waals surface area contributed by atoms with E-state index >= 15 is 0 Å². The van der Waals surface area contributed by atoms with Gasteiger partial charge >= 0.3 is 0 Å². The maximum atomic E-state index is 12.9. The number of nitrogens with two attached hydrogens (primary N) is 1. The monoisotopic (exact) mass is 491 g/mol. The van der Waals surface area contributed by atoms with Crippen molar-refractivity contribution in [2.24, 2.45) is 0 Å². The van der Waals surface area contributed by atoms with E-state index in [2.05, 4.69) is 27.4 Å². The van der Waals surface area contributed by atoms with Gasteiger partial charge in [-0.1, -0.05) is 41.7 Å². The molecule has 37 heavy (non-hydrogen) atoms. The Morgan fingerprint density at radius 1 is 1.16 bits per heavy atom. The van der Waals surface area contributed by atoms with Crippen molar-refractivity contribution >= 4 is 35.9 Å². The number of rotatable bonds is 5. The number of benzene rings is 2. The predicted octanol–water partition coefficient (Wildman–Crippen LogP) is 3.18. The molecule has 184 valence electrons. The van der Waals surface area contributed by atoms with E-state index in [-0.39, 0.29) is 29.4 Å². The van der Waals surface area contributed by atoms with E-state index in [1.54, 1.807) is 13.0 Å². The predicted molar refractivity (Wildman–Crippen MR) is 145 cm³/mol. The number of hydrogen-bond donors (Lipinski definition) is 3. The molecule has 2 heterocycles. The normalized spacial score (nSPS) is 17.1. The smallest absolute Gasteiger partial charge is 0.296 e. The van der Waals surface area contributed by atoms with E-state index in [0.717, 1.165) is 36.8 Å². The number of hydrogen-bond acceptors (Lipinski definition) is 5. The highest BCUT2D eigenvalue weighted by atomic mass is 16.5. The summed E-state index contributed by atoms with van der Waals surface area (Å²) >= 11 is 0. The summed E-state index contributed by atoms with van der Waals surface area (Å²) in [5, 5.41) is 10.1. The number of H-pyrrole nitrogens is 1. The van der Waals surface area contributed by atoms with Gasteiger partial charge in [-0.3, -0.25) is 9.59 Å². The summed E-state index contributed by atoms with van der Waals surface area (Å²) in [6.45, 7) is 1.64. The van der Waals surface area contributed by atoms with Crippen molar-refractivity contribution in [3.05, 3.63) is 65.1 Å². The molecule has 0 atom stereocenters. The van der Waals surface area contributed by atoms with Gasteiger partial charge in [-0.25, -0.2) is 5.10 Å². The van der Waals surface area contributed by atoms with E-state index in [4.69, 9.17) is 18.3 Å². The molecule has 1 fully saturated rings. The first-order chi connectivity index (χ1) is 17.9. The molecule has 1 aliphatic carbocycles.